The fourth-order valence-electron chi connectivity index (χ4n) is 3.29. The Kier molecular flexibility index (Phi) is 7.64. The van der Waals surface area contributed by atoms with Crippen LogP contribution in [-0.2, 0) is 19.6 Å². The zero-order valence-electron chi connectivity index (χ0n) is 17.3. The summed E-state index contributed by atoms with van der Waals surface area (Å²) in [7, 11) is -3.70. The molecule has 0 unspecified atom stereocenters. The number of rotatable bonds is 7. The molecule has 31 heavy (non-hydrogen) atoms. The Morgan fingerprint density at radius 3 is 2.58 bits per heavy atom. The van der Waals surface area contributed by atoms with Crippen LogP contribution in [0.1, 0.15) is 20.3 Å². The van der Waals surface area contributed by atoms with Gasteiger partial charge in [-0.1, -0.05) is 37.6 Å². The van der Waals surface area contributed by atoms with E-state index < -0.39 is 15.9 Å². The highest BCUT2D eigenvalue weighted by atomic mass is 35.5. The number of carbonyl (C=O) groups excluding carboxylic acids is 2. The lowest BCUT2D eigenvalue weighted by molar-refractivity contribution is -0.121. The summed E-state index contributed by atoms with van der Waals surface area (Å²) in [5.74, 6) is -0.106. The zero-order chi connectivity index (χ0) is 22.6. The monoisotopic (exact) mass is 481 g/mol. The van der Waals surface area contributed by atoms with Crippen LogP contribution in [0.4, 0.5) is 11.4 Å². The third kappa shape index (κ3) is 5.23. The molecule has 0 spiro atoms. The molecule has 0 fully saturated rings. The Balaban J connectivity index is 1.94. The minimum atomic E-state index is -3.70. The normalized spacial score (nSPS) is 14.3. The second-order valence-electron chi connectivity index (χ2n) is 6.83. The van der Waals surface area contributed by atoms with Crippen LogP contribution in [0.15, 0.2) is 52.3 Å². The number of benzene rings is 2. The number of fused-ring (bicyclic) bond motifs is 1. The highest BCUT2D eigenvalue weighted by molar-refractivity contribution is 7.99. The summed E-state index contributed by atoms with van der Waals surface area (Å²) in [6.45, 7) is 3.98. The highest BCUT2D eigenvalue weighted by Gasteiger charge is 2.28. The lowest BCUT2D eigenvalue weighted by atomic mass is 10.2. The second kappa shape index (κ2) is 10.0. The van der Waals surface area contributed by atoms with Gasteiger partial charge in [-0.25, -0.2) is 8.42 Å². The van der Waals surface area contributed by atoms with E-state index in [0.29, 0.717) is 35.2 Å². The van der Waals surface area contributed by atoms with Gasteiger partial charge in [0.25, 0.3) is 0 Å². The van der Waals surface area contributed by atoms with Crippen molar-refractivity contribution >= 4 is 56.6 Å². The average Bonchev–Trinajstić information content (AvgIpc) is 2.89. The number of hydrogen-bond acceptors (Lipinski definition) is 5. The Labute approximate surface area is 191 Å². The molecule has 3 rings (SSSR count). The Morgan fingerprint density at radius 1 is 1.19 bits per heavy atom. The van der Waals surface area contributed by atoms with Crippen molar-refractivity contribution in [3.63, 3.8) is 0 Å². The summed E-state index contributed by atoms with van der Waals surface area (Å²) in [6, 6.07) is 11.6. The van der Waals surface area contributed by atoms with Crippen molar-refractivity contribution in [1.82, 2.24) is 4.31 Å². The number of anilines is 2. The fraction of sp³-hybridized carbons (Fsp3) is 0.333. The van der Waals surface area contributed by atoms with Gasteiger partial charge in [-0.05, 0) is 30.3 Å². The van der Waals surface area contributed by atoms with Crippen molar-refractivity contribution in [3.05, 3.63) is 47.5 Å². The van der Waals surface area contributed by atoms with Gasteiger partial charge >= 0.3 is 0 Å². The standard InChI is InChI=1S/C21H24ClN3O4S2/c1-3-24(4-2)31(28,29)15-9-10-19-18(13-15)25(21(27)11-12-30-19)14-20(26)23-17-8-6-5-7-16(17)22/h5-10,13H,3-4,11-12,14H2,1-2H3,(H,23,26). The van der Waals surface area contributed by atoms with Crippen LogP contribution in [0.25, 0.3) is 0 Å². The molecule has 1 aliphatic heterocycles. The smallest absolute Gasteiger partial charge is 0.244 e. The van der Waals surface area contributed by atoms with Gasteiger partial charge in [0.15, 0.2) is 0 Å². The van der Waals surface area contributed by atoms with Crippen molar-refractivity contribution in [2.24, 2.45) is 0 Å². The number of nitrogens with one attached hydrogen (secondary N) is 1. The molecular formula is C21H24ClN3O4S2. The van der Waals surface area contributed by atoms with E-state index in [-0.39, 0.29) is 23.8 Å². The number of thioether (sulfide) groups is 1. The van der Waals surface area contributed by atoms with Gasteiger partial charge < -0.3 is 10.2 Å². The number of carbonyl (C=O) groups is 2. The van der Waals surface area contributed by atoms with Crippen molar-refractivity contribution in [2.45, 2.75) is 30.1 Å². The molecule has 0 atom stereocenters. The molecule has 2 aromatic rings. The van der Waals surface area contributed by atoms with Crippen LogP contribution in [0, 0.1) is 0 Å². The van der Waals surface area contributed by atoms with Crippen LogP contribution in [0.5, 0.6) is 0 Å². The first kappa shape index (κ1) is 23.6. The molecule has 0 saturated heterocycles. The number of para-hydroxylation sites is 1. The van der Waals surface area contributed by atoms with Gasteiger partial charge in [0.05, 0.1) is 21.3 Å². The van der Waals surface area contributed by atoms with Gasteiger partial charge in [0.1, 0.15) is 6.54 Å². The molecule has 0 radical (unpaired) electrons. The van der Waals surface area contributed by atoms with E-state index in [2.05, 4.69) is 5.32 Å². The molecule has 0 aliphatic carbocycles. The molecule has 10 heteroatoms. The van der Waals surface area contributed by atoms with E-state index in [1.807, 2.05) is 0 Å². The third-order valence-electron chi connectivity index (χ3n) is 4.89. The second-order valence-corrected chi connectivity index (χ2v) is 10.3. The summed E-state index contributed by atoms with van der Waals surface area (Å²) in [5, 5.41) is 3.10. The summed E-state index contributed by atoms with van der Waals surface area (Å²) >= 11 is 7.57. The molecule has 166 valence electrons. The Bertz CT molecular complexity index is 1090. The predicted octanol–water partition coefficient (Wildman–Crippen LogP) is 3.84. The first-order valence-electron chi connectivity index (χ1n) is 9.89. The summed E-state index contributed by atoms with van der Waals surface area (Å²) < 4.78 is 27.3. The van der Waals surface area contributed by atoms with Crippen molar-refractivity contribution in [2.75, 3.05) is 35.6 Å². The Morgan fingerprint density at radius 2 is 1.90 bits per heavy atom. The number of sulfonamides is 1. The van der Waals surface area contributed by atoms with E-state index in [1.165, 1.54) is 27.0 Å². The SMILES string of the molecule is CCN(CC)S(=O)(=O)c1ccc2c(c1)N(CC(=O)Nc1ccccc1Cl)C(=O)CCS2. The topological polar surface area (TPSA) is 86.8 Å². The fourth-order valence-corrected chi connectivity index (χ4v) is 5.93. The minimum Gasteiger partial charge on any atom is -0.323 e. The molecule has 2 aromatic carbocycles. The van der Waals surface area contributed by atoms with Crippen LogP contribution < -0.4 is 10.2 Å². The molecular weight excluding hydrogens is 458 g/mol. The molecule has 1 aliphatic rings. The highest BCUT2D eigenvalue weighted by Crippen LogP contribution is 2.36. The Hall–Kier alpha value is -2.07. The molecule has 1 heterocycles. The average molecular weight is 482 g/mol. The quantitative estimate of drug-likeness (QED) is 0.649. The van der Waals surface area contributed by atoms with Crippen LogP contribution in [-0.4, -0.2) is 49.9 Å². The number of halogens is 1. The molecule has 0 saturated carbocycles. The van der Waals surface area contributed by atoms with Crippen molar-refractivity contribution in [1.29, 1.82) is 0 Å². The van der Waals surface area contributed by atoms with Crippen LogP contribution in [0.3, 0.4) is 0 Å². The van der Waals surface area contributed by atoms with Gasteiger partial charge in [-0.2, -0.15) is 4.31 Å². The maximum absolute atomic E-state index is 13.0. The lowest BCUT2D eigenvalue weighted by Gasteiger charge is -2.24. The van der Waals surface area contributed by atoms with Crippen LogP contribution in [0.2, 0.25) is 5.02 Å². The molecule has 0 bridgehead atoms. The summed E-state index contributed by atoms with van der Waals surface area (Å²) in [5.41, 5.74) is 0.874. The largest absolute Gasteiger partial charge is 0.323 e. The number of nitrogens with zero attached hydrogens (tertiary/aromatic N) is 2. The zero-order valence-corrected chi connectivity index (χ0v) is 19.7. The van der Waals surface area contributed by atoms with E-state index in [0.717, 1.165) is 4.90 Å². The van der Waals surface area contributed by atoms with E-state index in [1.54, 1.807) is 50.2 Å². The van der Waals surface area contributed by atoms with Gasteiger partial charge in [-0.3, -0.25) is 9.59 Å². The number of hydrogen-bond donors (Lipinski definition) is 1. The molecule has 2 amide bonds. The van der Waals surface area contributed by atoms with Gasteiger partial charge in [-0.15, -0.1) is 11.8 Å². The molecule has 7 nitrogen and oxygen atoms in total. The van der Waals surface area contributed by atoms with E-state index in [4.69, 9.17) is 11.6 Å². The van der Waals surface area contributed by atoms with Crippen LogP contribution >= 0.6 is 23.4 Å². The first-order valence-corrected chi connectivity index (χ1v) is 12.7. The summed E-state index contributed by atoms with van der Waals surface area (Å²) in [6.07, 6.45) is 0.247. The number of amides is 2. The maximum Gasteiger partial charge on any atom is 0.244 e. The van der Waals surface area contributed by atoms with E-state index in [9.17, 15) is 18.0 Å². The third-order valence-corrected chi connectivity index (χ3v) is 8.33. The maximum atomic E-state index is 13.0. The van der Waals surface area contributed by atoms with Crippen molar-refractivity contribution < 1.29 is 18.0 Å². The predicted molar refractivity (Wildman–Crippen MR) is 124 cm³/mol. The lowest BCUT2D eigenvalue weighted by Crippen LogP contribution is -2.38. The van der Waals surface area contributed by atoms with Gasteiger partial charge in [0.2, 0.25) is 21.8 Å². The molecule has 0 aromatic heterocycles. The summed E-state index contributed by atoms with van der Waals surface area (Å²) in [4.78, 5) is 27.7. The minimum absolute atomic E-state index is 0.0989. The molecule has 1 N–H and O–H groups in total. The van der Waals surface area contributed by atoms with Gasteiger partial charge in [0, 0.05) is 30.2 Å². The van der Waals surface area contributed by atoms with Crippen molar-refractivity contribution in [3.8, 4) is 0 Å². The first-order chi connectivity index (χ1) is 14.8. The van der Waals surface area contributed by atoms with E-state index >= 15 is 0 Å².